The molecule has 110 valence electrons. The molecular formula is C16H25N3O. The summed E-state index contributed by atoms with van der Waals surface area (Å²) in [5.74, 6) is 1.37. The van der Waals surface area contributed by atoms with Crippen LogP contribution in [0.5, 0.6) is 5.75 Å². The summed E-state index contributed by atoms with van der Waals surface area (Å²) < 4.78 is 5.60. The summed E-state index contributed by atoms with van der Waals surface area (Å²) in [5, 5.41) is 3.09. The molecule has 0 aliphatic carbocycles. The fourth-order valence-corrected chi connectivity index (χ4v) is 1.62. The van der Waals surface area contributed by atoms with Gasteiger partial charge in [0.05, 0.1) is 12.6 Å². The molecule has 0 aliphatic heterocycles. The molecule has 0 spiro atoms. The lowest BCUT2D eigenvalue weighted by molar-refractivity contribution is 0.242. The predicted molar refractivity (Wildman–Crippen MR) is 85.2 cm³/mol. The highest BCUT2D eigenvalue weighted by Gasteiger charge is 1.98. The van der Waals surface area contributed by atoms with Gasteiger partial charge in [-0.25, -0.2) is 4.99 Å². The van der Waals surface area contributed by atoms with E-state index in [0.29, 0.717) is 12.5 Å². The SMILES string of the molecule is C=C(C)CN=C(N)NCCc1ccc(OC(C)C)cc1. The summed E-state index contributed by atoms with van der Waals surface area (Å²) in [6, 6.07) is 8.13. The monoisotopic (exact) mass is 275 g/mol. The van der Waals surface area contributed by atoms with E-state index < -0.39 is 0 Å². The smallest absolute Gasteiger partial charge is 0.188 e. The van der Waals surface area contributed by atoms with Gasteiger partial charge in [0.15, 0.2) is 5.96 Å². The van der Waals surface area contributed by atoms with E-state index in [4.69, 9.17) is 10.5 Å². The van der Waals surface area contributed by atoms with E-state index in [1.54, 1.807) is 0 Å². The first-order valence-electron chi connectivity index (χ1n) is 6.91. The van der Waals surface area contributed by atoms with E-state index in [0.717, 1.165) is 24.3 Å². The van der Waals surface area contributed by atoms with Crippen LogP contribution in [0.25, 0.3) is 0 Å². The summed E-state index contributed by atoms with van der Waals surface area (Å²) in [6.07, 6.45) is 1.09. The van der Waals surface area contributed by atoms with Crippen LogP contribution in [0, 0.1) is 0 Å². The van der Waals surface area contributed by atoms with Crippen LogP contribution in [0.2, 0.25) is 0 Å². The Morgan fingerprint density at radius 2 is 2.00 bits per heavy atom. The second-order valence-electron chi connectivity index (χ2n) is 5.15. The van der Waals surface area contributed by atoms with Crippen LogP contribution < -0.4 is 15.8 Å². The molecule has 3 N–H and O–H groups in total. The van der Waals surface area contributed by atoms with E-state index >= 15 is 0 Å². The van der Waals surface area contributed by atoms with E-state index in [9.17, 15) is 0 Å². The number of ether oxygens (including phenoxy) is 1. The highest BCUT2D eigenvalue weighted by atomic mass is 16.5. The van der Waals surface area contributed by atoms with E-state index in [1.165, 1.54) is 5.56 Å². The first-order chi connectivity index (χ1) is 9.47. The molecule has 0 aromatic heterocycles. The molecule has 4 nitrogen and oxygen atoms in total. The highest BCUT2D eigenvalue weighted by Crippen LogP contribution is 2.13. The van der Waals surface area contributed by atoms with Gasteiger partial charge in [0.1, 0.15) is 5.75 Å². The van der Waals surface area contributed by atoms with Gasteiger partial charge in [-0.1, -0.05) is 24.3 Å². The van der Waals surface area contributed by atoms with E-state index in [-0.39, 0.29) is 6.10 Å². The van der Waals surface area contributed by atoms with Crippen molar-refractivity contribution >= 4 is 5.96 Å². The third-order valence-corrected chi connectivity index (χ3v) is 2.53. The van der Waals surface area contributed by atoms with Crippen LogP contribution in [0.4, 0.5) is 0 Å². The first kappa shape index (κ1) is 16.1. The maximum absolute atomic E-state index is 5.74. The zero-order valence-electron chi connectivity index (χ0n) is 12.6. The molecular weight excluding hydrogens is 250 g/mol. The summed E-state index contributed by atoms with van der Waals surface area (Å²) >= 11 is 0. The summed E-state index contributed by atoms with van der Waals surface area (Å²) in [5.41, 5.74) is 7.98. The van der Waals surface area contributed by atoms with Crippen LogP contribution >= 0.6 is 0 Å². The lowest BCUT2D eigenvalue weighted by Crippen LogP contribution is -2.33. The Morgan fingerprint density at radius 1 is 1.35 bits per heavy atom. The minimum Gasteiger partial charge on any atom is -0.491 e. The van der Waals surface area contributed by atoms with Crippen molar-refractivity contribution in [1.82, 2.24) is 5.32 Å². The Labute approximate surface area is 121 Å². The van der Waals surface area contributed by atoms with Crippen molar-refractivity contribution in [3.8, 4) is 5.75 Å². The number of aliphatic imine (C=N–C) groups is 1. The van der Waals surface area contributed by atoms with Gasteiger partial charge in [-0.15, -0.1) is 0 Å². The Hall–Kier alpha value is -1.97. The number of hydrogen-bond donors (Lipinski definition) is 2. The lowest BCUT2D eigenvalue weighted by atomic mass is 10.1. The van der Waals surface area contributed by atoms with Crippen molar-refractivity contribution in [1.29, 1.82) is 0 Å². The predicted octanol–water partition coefficient (Wildman–Crippen LogP) is 2.50. The van der Waals surface area contributed by atoms with E-state index in [2.05, 4.69) is 29.0 Å². The van der Waals surface area contributed by atoms with Crippen molar-refractivity contribution in [2.45, 2.75) is 33.3 Å². The van der Waals surface area contributed by atoms with Crippen LogP contribution in [-0.2, 0) is 6.42 Å². The number of benzene rings is 1. The second kappa shape index (κ2) is 8.25. The third kappa shape index (κ3) is 6.83. The normalized spacial score (nSPS) is 11.5. The van der Waals surface area contributed by atoms with Gasteiger partial charge in [-0.3, -0.25) is 0 Å². The van der Waals surface area contributed by atoms with Crippen molar-refractivity contribution in [2.24, 2.45) is 10.7 Å². The number of nitrogens with two attached hydrogens (primary N) is 1. The Bertz CT molecular complexity index is 449. The van der Waals surface area contributed by atoms with Gasteiger partial charge < -0.3 is 15.8 Å². The molecule has 1 rings (SSSR count). The Kier molecular flexibility index (Phi) is 6.64. The van der Waals surface area contributed by atoms with Crippen molar-refractivity contribution in [3.63, 3.8) is 0 Å². The largest absolute Gasteiger partial charge is 0.491 e. The third-order valence-electron chi connectivity index (χ3n) is 2.53. The molecule has 0 bridgehead atoms. The van der Waals surface area contributed by atoms with Crippen LogP contribution in [0.3, 0.4) is 0 Å². The molecule has 0 unspecified atom stereocenters. The van der Waals surface area contributed by atoms with Crippen molar-refractivity contribution < 1.29 is 4.74 Å². The standard InChI is InChI=1S/C16H25N3O/c1-12(2)11-19-16(17)18-10-9-14-5-7-15(8-6-14)20-13(3)4/h5-8,13H,1,9-11H2,2-4H3,(H3,17,18,19). The Morgan fingerprint density at radius 3 is 2.55 bits per heavy atom. The highest BCUT2D eigenvalue weighted by molar-refractivity contribution is 5.77. The molecule has 1 aromatic rings. The molecule has 20 heavy (non-hydrogen) atoms. The zero-order chi connectivity index (χ0) is 15.0. The molecule has 0 radical (unpaired) electrons. The van der Waals surface area contributed by atoms with Crippen molar-refractivity contribution in [3.05, 3.63) is 42.0 Å². The van der Waals surface area contributed by atoms with Crippen LogP contribution in [0.1, 0.15) is 26.3 Å². The molecule has 0 aliphatic rings. The number of rotatable bonds is 7. The number of hydrogen-bond acceptors (Lipinski definition) is 2. The molecule has 4 heteroatoms. The molecule has 0 saturated carbocycles. The molecule has 0 atom stereocenters. The molecule has 1 aromatic carbocycles. The van der Waals surface area contributed by atoms with Crippen LogP contribution in [0.15, 0.2) is 41.4 Å². The number of nitrogens with zero attached hydrogens (tertiary/aromatic N) is 1. The number of nitrogens with one attached hydrogen (secondary N) is 1. The van der Waals surface area contributed by atoms with Gasteiger partial charge in [0.25, 0.3) is 0 Å². The molecule has 0 fully saturated rings. The zero-order valence-corrected chi connectivity index (χ0v) is 12.6. The second-order valence-corrected chi connectivity index (χ2v) is 5.15. The van der Waals surface area contributed by atoms with Gasteiger partial charge in [-0.05, 0) is 44.9 Å². The minimum atomic E-state index is 0.201. The average Bonchev–Trinajstić information content (AvgIpc) is 2.38. The first-order valence-corrected chi connectivity index (χ1v) is 6.91. The maximum atomic E-state index is 5.74. The lowest BCUT2D eigenvalue weighted by Gasteiger charge is -2.10. The van der Waals surface area contributed by atoms with Crippen LogP contribution in [-0.4, -0.2) is 25.2 Å². The number of guanidine groups is 1. The maximum Gasteiger partial charge on any atom is 0.188 e. The fourth-order valence-electron chi connectivity index (χ4n) is 1.62. The molecule has 0 amide bonds. The Balaban J connectivity index is 2.35. The average molecular weight is 275 g/mol. The topological polar surface area (TPSA) is 59.6 Å². The summed E-state index contributed by atoms with van der Waals surface area (Å²) in [6.45, 7) is 11.1. The summed E-state index contributed by atoms with van der Waals surface area (Å²) in [4.78, 5) is 4.17. The van der Waals surface area contributed by atoms with E-state index in [1.807, 2.05) is 32.9 Å². The molecule has 0 saturated heterocycles. The van der Waals surface area contributed by atoms with Gasteiger partial charge in [0, 0.05) is 6.54 Å². The fraction of sp³-hybridized carbons (Fsp3) is 0.438. The quantitative estimate of drug-likeness (QED) is 0.456. The van der Waals surface area contributed by atoms with Crippen molar-refractivity contribution in [2.75, 3.05) is 13.1 Å². The van der Waals surface area contributed by atoms with Gasteiger partial charge >= 0.3 is 0 Å². The minimum absolute atomic E-state index is 0.201. The summed E-state index contributed by atoms with van der Waals surface area (Å²) in [7, 11) is 0. The van der Waals surface area contributed by atoms with Gasteiger partial charge in [-0.2, -0.15) is 0 Å². The molecule has 0 heterocycles. The van der Waals surface area contributed by atoms with Gasteiger partial charge in [0.2, 0.25) is 0 Å².